The molecule has 2 N–H and O–H groups in total. The Morgan fingerprint density at radius 3 is 2.69 bits per heavy atom. The number of nitrogens with zero attached hydrogens (tertiary/aromatic N) is 3. The number of benzene rings is 1. The van der Waals surface area contributed by atoms with E-state index >= 15 is 0 Å². The van der Waals surface area contributed by atoms with Gasteiger partial charge in [0.1, 0.15) is 17.9 Å². The van der Waals surface area contributed by atoms with E-state index in [1.807, 2.05) is 36.4 Å². The number of anilines is 1. The van der Waals surface area contributed by atoms with Crippen molar-refractivity contribution in [1.82, 2.24) is 20.5 Å². The highest BCUT2D eigenvalue weighted by Gasteiger charge is 2.55. The monoisotopic (exact) mass is 433 g/mol. The Kier molecular flexibility index (Phi) is 5.28. The Balaban J connectivity index is 1.19. The number of pyridine rings is 1. The van der Waals surface area contributed by atoms with Crippen LogP contribution in [0.15, 0.2) is 42.6 Å². The highest BCUT2D eigenvalue weighted by Crippen LogP contribution is 2.41. The van der Waals surface area contributed by atoms with Gasteiger partial charge in [-0.25, -0.2) is 9.78 Å². The molecule has 2 fully saturated rings. The van der Waals surface area contributed by atoms with Crippen molar-refractivity contribution in [2.75, 3.05) is 24.5 Å². The van der Waals surface area contributed by atoms with E-state index in [9.17, 15) is 14.4 Å². The van der Waals surface area contributed by atoms with Crippen molar-refractivity contribution in [2.45, 2.75) is 44.2 Å². The molecule has 0 bridgehead atoms. The molecule has 1 spiro atoms. The van der Waals surface area contributed by atoms with Crippen LogP contribution in [-0.2, 0) is 28.1 Å². The van der Waals surface area contributed by atoms with Crippen molar-refractivity contribution in [3.8, 4) is 0 Å². The topological polar surface area (TPSA) is 94.6 Å². The number of fused-ring (bicyclic) bond motifs is 2. The van der Waals surface area contributed by atoms with Crippen LogP contribution in [0.5, 0.6) is 0 Å². The van der Waals surface area contributed by atoms with E-state index < -0.39 is 11.6 Å². The molecule has 8 heteroatoms. The number of rotatable bonds is 5. The first-order valence-electron chi connectivity index (χ1n) is 11.3. The fraction of sp³-hybridized carbons (Fsp3) is 0.417. The molecule has 1 aromatic heterocycles. The number of amides is 4. The van der Waals surface area contributed by atoms with Crippen LogP contribution in [0.2, 0.25) is 0 Å². The molecule has 3 heterocycles. The van der Waals surface area contributed by atoms with E-state index in [2.05, 4.69) is 20.5 Å². The molecule has 3 aliphatic rings. The van der Waals surface area contributed by atoms with Gasteiger partial charge in [-0.15, -0.1) is 0 Å². The number of carbonyl (C=O) groups excluding carboxylic acids is 3. The molecule has 2 aromatic rings. The third-order valence-corrected chi connectivity index (χ3v) is 6.70. The third kappa shape index (κ3) is 3.59. The molecule has 8 nitrogen and oxygen atoms in total. The smallest absolute Gasteiger partial charge is 0.325 e. The van der Waals surface area contributed by atoms with Crippen molar-refractivity contribution in [3.63, 3.8) is 0 Å². The second-order valence-electron chi connectivity index (χ2n) is 8.73. The van der Waals surface area contributed by atoms with Gasteiger partial charge in [0, 0.05) is 25.8 Å². The van der Waals surface area contributed by atoms with Crippen LogP contribution in [-0.4, -0.2) is 47.4 Å². The maximum atomic E-state index is 13.1. The Hall–Kier alpha value is -3.42. The predicted molar refractivity (Wildman–Crippen MR) is 119 cm³/mol. The maximum Gasteiger partial charge on any atom is 0.325 e. The van der Waals surface area contributed by atoms with E-state index in [4.69, 9.17) is 0 Å². The van der Waals surface area contributed by atoms with Gasteiger partial charge >= 0.3 is 6.03 Å². The minimum absolute atomic E-state index is 0.295. The largest absolute Gasteiger partial charge is 0.357 e. The summed E-state index contributed by atoms with van der Waals surface area (Å²) in [6, 6.07) is 11.1. The highest BCUT2D eigenvalue weighted by atomic mass is 16.2. The summed E-state index contributed by atoms with van der Waals surface area (Å²) >= 11 is 0. The van der Waals surface area contributed by atoms with Crippen LogP contribution in [0.4, 0.5) is 10.6 Å². The van der Waals surface area contributed by atoms with Crippen LogP contribution >= 0.6 is 0 Å². The molecule has 1 unspecified atom stereocenters. The van der Waals surface area contributed by atoms with E-state index in [-0.39, 0.29) is 18.4 Å². The summed E-state index contributed by atoms with van der Waals surface area (Å²) in [5.41, 5.74) is 1.73. The van der Waals surface area contributed by atoms with Gasteiger partial charge < -0.3 is 15.5 Å². The van der Waals surface area contributed by atoms with Gasteiger partial charge in [-0.05, 0) is 54.9 Å². The lowest BCUT2D eigenvalue weighted by molar-refractivity contribution is -0.135. The summed E-state index contributed by atoms with van der Waals surface area (Å²) in [6.07, 6.45) is 6.66. The first-order chi connectivity index (χ1) is 15.6. The lowest BCUT2D eigenvalue weighted by Gasteiger charge is -2.27. The molecule has 0 radical (unpaired) electrons. The van der Waals surface area contributed by atoms with Crippen LogP contribution in [0, 0.1) is 0 Å². The number of piperidine rings is 1. The van der Waals surface area contributed by atoms with Gasteiger partial charge in [0.25, 0.3) is 5.91 Å². The molecular formula is C24H27N5O3. The fourth-order valence-electron chi connectivity index (χ4n) is 4.96. The van der Waals surface area contributed by atoms with Gasteiger partial charge in [0.15, 0.2) is 0 Å². The Morgan fingerprint density at radius 2 is 1.91 bits per heavy atom. The molecule has 32 heavy (non-hydrogen) atoms. The van der Waals surface area contributed by atoms with Gasteiger partial charge in [-0.1, -0.05) is 30.3 Å². The van der Waals surface area contributed by atoms with Crippen molar-refractivity contribution >= 4 is 23.7 Å². The number of imide groups is 1. The minimum atomic E-state index is -1.04. The summed E-state index contributed by atoms with van der Waals surface area (Å²) in [4.78, 5) is 46.0. The zero-order chi connectivity index (χ0) is 22.1. The Morgan fingerprint density at radius 1 is 1.09 bits per heavy atom. The number of nitrogens with one attached hydrogen (secondary N) is 2. The SMILES string of the molecule is O=C(CN1C(=O)NC2(CCc3ccccc32)C1=O)NCc1ccc(N2CCCCC2)nc1. The zero-order valence-electron chi connectivity index (χ0n) is 18.0. The van der Waals surface area contributed by atoms with Crippen molar-refractivity contribution in [3.05, 3.63) is 59.3 Å². The summed E-state index contributed by atoms with van der Waals surface area (Å²) in [5, 5.41) is 5.64. The summed E-state index contributed by atoms with van der Waals surface area (Å²) < 4.78 is 0. The number of aryl methyl sites for hydroxylation is 1. The first kappa shape index (κ1) is 20.5. The van der Waals surface area contributed by atoms with E-state index in [1.165, 1.54) is 19.3 Å². The van der Waals surface area contributed by atoms with Crippen molar-refractivity contribution in [1.29, 1.82) is 0 Å². The minimum Gasteiger partial charge on any atom is -0.357 e. The van der Waals surface area contributed by atoms with Crippen molar-refractivity contribution < 1.29 is 14.4 Å². The second-order valence-corrected chi connectivity index (χ2v) is 8.73. The first-order valence-corrected chi connectivity index (χ1v) is 11.3. The number of urea groups is 1. The molecule has 1 aromatic carbocycles. The van der Waals surface area contributed by atoms with E-state index in [0.717, 1.165) is 46.9 Å². The van der Waals surface area contributed by atoms with Crippen LogP contribution in [0.1, 0.15) is 42.4 Å². The predicted octanol–water partition coefficient (Wildman–Crippen LogP) is 2.08. The molecule has 4 amide bonds. The molecular weight excluding hydrogens is 406 g/mol. The molecule has 0 saturated carbocycles. The van der Waals surface area contributed by atoms with Gasteiger partial charge in [-0.2, -0.15) is 0 Å². The van der Waals surface area contributed by atoms with Gasteiger partial charge in [0.2, 0.25) is 5.91 Å². The summed E-state index contributed by atoms with van der Waals surface area (Å²) in [5.74, 6) is 0.230. The maximum absolute atomic E-state index is 13.1. The molecule has 2 aliphatic heterocycles. The average molecular weight is 434 g/mol. The standard InChI is InChI=1S/C24H27N5O3/c30-21(26-15-17-8-9-20(25-14-17)28-12-4-1-5-13-28)16-29-22(31)24(27-23(29)32)11-10-18-6-2-3-7-19(18)24/h2-3,6-9,14H,1,4-5,10-13,15-16H2,(H,26,30)(H,27,32). The van der Waals surface area contributed by atoms with Gasteiger partial charge in [0.05, 0.1) is 0 Å². The Bertz CT molecular complexity index is 1050. The fourth-order valence-corrected chi connectivity index (χ4v) is 4.96. The number of hydrogen-bond acceptors (Lipinski definition) is 5. The molecule has 166 valence electrons. The van der Waals surface area contributed by atoms with E-state index in [1.54, 1.807) is 6.20 Å². The lowest BCUT2D eigenvalue weighted by Crippen LogP contribution is -2.43. The number of hydrogen-bond donors (Lipinski definition) is 2. The Labute approximate surface area is 187 Å². The summed E-state index contributed by atoms with van der Waals surface area (Å²) in [7, 11) is 0. The lowest BCUT2D eigenvalue weighted by atomic mass is 9.92. The number of aromatic nitrogens is 1. The highest BCUT2D eigenvalue weighted by molar-refractivity contribution is 6.09. The zero-order valence-corrected chi connectivity index (χ0v) is 18.0. The van der Waals surface area contributed by atoms with Gasteiger partial charge in [-0.3, -0.25) is 14.5 Å². The molecule has 5 rings (SSSR count). The molecule has 2 saturated heterocycles. The second kappa shape index (κ2) is 8.26. The van der Waals surface area contributed by atoms with Crippen molar-refractivity contribution in [2.24, 2.45) is 0 Å². The summed E-state index contributed by atoms with van der Waals surface area (Å²) in [6.45, 7) is 2.06. The van der Waals surface area contributed by atoms with Crippen LogP contribution in [0.25, 0.3) is 0 Å². The van der Waals surface area contributed by atoms with E-state index in [0.29, 0.717) is 13.0 Å². The third-order valence-electron chi connectivity index (χ3n) is 6.70. The normalized spacial score (nSPS) is 22.2. The van der Waals surface area contributed by atoms with Crippen LogP contribution < -0.4 is 15.5 Å². The number of carbonyl (C=O) groups is 3. The molecule has 1 atom stereocenters. The average Bonchev–Trinajstić information content (AvgIpc) is 3.31. The van der Waals surface area contributed by atoms with Crippen LogP contribution in [0.3, 0.4) is 0 Å². The molecule has 1 aliphatic carbocycles. The quantitative estimate of drug-likeness (QED) is 0.704.